The maximum Gasteiger partial charge on any atom is 0.228 e. The zero-order valence-electron chi connectivity index (χ0n) is 16.3. The van der Waals surface area contributed by atoms with Crippen LogP contribution in [0.15, 0.2) is 58.3 Å². The van der Waals surface area contributed by atoms with Crippen LogP contribution in [0.2, 0.25) is 10.0 Å². The van der Waals surface area contributed by atoms with Gasteiger partial charge in [0.05, 0.1) is 22.8 Å². The Labute approximate surface area is 194 Å². The molecule has 0 atom stereocenters. The Morgan fingerprint density at radius 1 is 1.07 bits per heavy atom. The van der Waals surface area contributed by atoms with Gasteiger partial charge < -0.3 is 9.80 Å². The highest BCUT2D eigenvalue weighted by Gasteiger charge is 2.23. The third-order valence-corrected chi connectivity index (χ3v) is 7.64. The Morgan fingerprint density at radius 3 is 2.63 bits per heavy atom. The third-order valence-electron chi connectivity index (χ3n) is 4.94. The smallest absolute Gasteiger partial charge is 0.228 e. The number of amides is 1. The minimum Gasteiger partial charge on any atom is -0.367 e. The summed E-state index contributed by atoms with van der Waals surface area (Å²) in [5.41, 5.74) is 3.04. The number of para-hydroxylation sites is 1. The molecular weight excluding hydrogens is 457 g/mol. The number of hydrogen-bond acceptors (Lipinski definition) is 5. The molecule has 0 saturated carbocycles. The van der Waals surface area contributed by atoms with E-state index in [0.717, 1.165) is 50.2 Å². The highest BCUT2D eigenvalue weighted by molar-refractivity contribution is 8.00. The van der Waals surface area contributed by atoms with Gasteiger partial charge in [-0.3, -0.25) is 4.79 Å². The van der Waals surface area contributed by atoms with Gasteiger partial charge in [0.2, 0.25) is 5.91 Å². The van der Waals surface area contributed by atoms with E-state index in [1.54, 1.807) is 23.1 Å². The van der Waals surface area contributed by atoms with Crippen LogP contribution in [0.1, 0.15) is 11.3 Å². The van der Waals surface area contributed by atoms with Crippen LogP contribution in [0.5, 0.6) is 0 Å². The van der Waals surface area contributed by atoms with Gasteiger partial charge in [-0.05, 0) is 29.8 Å². The topological polar surface area (TPSA) is 36.4 Å². The lowest BCUT2D eigenvalue weighted by Crippen LogP contribution is -2.49. The zero-order chi connectivity index (χ0) is 20.9. The van der Waals surface area contributed by atoms with Crippen LogP contribution in [0.4, 0.5) is 5.69 Å². The van der Waals surface area contributed by atoms with Gasteiger partial charge in [-0.15, -0.1) is 11.3 Å². The lowest BCUT2D eigenvalue weighted by molar-refractivity contribution is -0.130. The minimum absolute atomic E-state index is 0.130. The Kier molecular flexibility index (Phi) is 7.20. The first-order chi connectivity index (χ1) is 14.6. The number of carbonyl (C=O) groups is 1. The van der Waals surface area contributed by atoms with E-state index in [9.17, 15) is 4.79 Å². The van der Waals surface area contributed by atoms with Crippen molar-refractivity contribution in [1.82, 2.24) is 9.88 Å². The predicted octanol–water partition coefficient (Wildman–Crippen LogP) is 5.63. The second-order valence-corrected chi connectivity index (χ2v) is 9.94. The first-order valence-corrected chi connectivity index (χ1v) is 12.3. The Hall–Kier alpha value is -1.73. The average Bonchev–Trinajstić information content (AvgIpc) is 3.20. The van der Waals surface area contributed by atoms with E-state index < -0.39 is 0 Å². The molecule has 4 rings (SSSR count). The molecule has 2 heterocycles. The quantitative estimate of drug-likeness (QED) is 0.430. The molecule has 2 aromatic carbocycles. The number of thiazole rings is 1. The Morgan fingerprint density at radius 2 is 1.87 bits per heavy atom. The summed E-state index contributed by atoms with van der Waals surface area (Å²) in [6.45, 7) is 2.97. The van der Waals surface area contributed by atoms with Crippen molar-refractivity contribution in [1.29, 1.82) is 0 Å². The summed E-state index contributed by atoms with van der Waals surface area (Å²) in [6, 6.07) is 15.7. The summed E-state index contributed by atoms with van der Waals surface area (Å²) >= 11 is 15.6. The van der Waals surface area contributed by atoms with E-state index in [0.29, 0.717) is 19.5 Å². The second kappa shape index (κ2) is 10.1. The number of nitrogens with zero attached hydrogens (tertiary/aromatic N) is 3. The molecule has 0 bridgehead atoms. The first kappa shape index (κ1) is 21.5. The van der Waals surface area contributed by atoms with Crippen molar-refractivity contribution in [3.63, 3.8) is 0 Å². The zero-order valence-corrected chi connectivity index (χ0v) is 19.4. The number of thioether (sulfide) groups is 1. The van der Waals surface area contributed by atoms with Crippen molar-refractivity contribution in [3.8, 4) is 0 Å². The van der Waals surface area contributed by atoms with Crippen molar-refractivity contribution in [2.45, 2.75) is 16.5 Å². The number of anilines is 1. The summed E-state index contributed by atoms with van der Waals surface area (Å²) in [7, 11) is 0. The van der Waals surface area contributed by atoms with E-state index >= 15 is 0 Å². The molecule has 1 saturated heterocycles. The number of halogens is 2. The number of hydrogen-bond donors (Lipinski definition) is 0. The molecular formula is C22H21Cl2N3OS2. The van der Waals surface area contributed by atoms with E-state index in [2.05, 4.69) is 16.0 Å². The van der Waals surface area contributed by atoms with Gasteiger partial charge in [-0.2, -0.15) is 0 Å². The van der Waals surface area contributed by atoms with Crippen molar-refractivity contribution in [2.24, 2.45) is 0 Å². The minimum atomic E-state index is 0.130. The molecule has 0 spiro atoms. The number of carbonyl (C=O) groups excluding carboxylic acids is 1. The van der Waals surface area contributed by atoms with Crippen LogP contribution in [0, 0.1) is 0 Å². The number of aromatic nitrogens is 1. The summed E-state index contributed by atoms with van der Waals surface area (Å²) in [4.78, 5) is 21.5. The maximum absolute atomic E-state index is 12.7. The fourth-order valence-corrected chi connectivity index (χ4v) is 5.64. The first-order valence-electron chi connectivity index (χ1n) is 9.67. The molecule has 1 aliphatic rings. The second-order valence-electron chi connectivity index (χ2n) is 7.02. The van der Waals surface area contributed by atoms with E-state index in [1.807, 2.05) is 52.7 Å². The molecule has 1 fully saturated rings. The standard InChI is InChI=1S/C22H21Cl2N3OS2/c23-17-5-3-4-16(12-17)14-29-22-25-18(15-30-22)13-21(28)27-10-8-26(9-11-27)20-7-2-1-6-19(20)24/h1-7,12,15H,8-11,13-14H2. The normalized spacial score (nSPS) is 14.2. The van der Waals surface area contributed by atoms with Gasteiger partial charge in [0.25, 0.3) is 0 Å². The molecule has 1 aromatic heterocycles. The SMILES string of the molecule is O=C(Cc1csc(SCc2cccc(Cl)c2)n1)N1CCN(c2ccccc2Cl)CC1. The molecule has 1 aliphatic heterocycles. The van der Waals surface area contributed by atoms with Crippen LogP contribution >= 0.6 is 46.3 Å². The molecule has 156 valence electrons. The number of benzene rings is 2. The van der Waals surface area contributed by atoms with E-state index in [1.165, 1.54) is 0 Å². The average molecular weight is 478 g/mol. The molecule has 3 aromatic rings. The maximum atomic E-state index is 12.7. The van der Waals surface area contributed by atoms with Gasteiger partial charge >= 0.3 is 0 Å². The fourth-order valence-electron chi connectivity index (χ4n) is 3.38. The van der Waals surface area contributed by atoms with Crippen molar-refractivity contribution < 1.29 is 4.79 Å². The number of piperazine rings is 1. The Bertz CT molecular complexity index is 1020. The van der Waals surface area contributed by atoms with Crippen molar-refractivity contribution >= 4 is 57.9 Å². The molecule has 4 nitrogen and oxygen atoms in total. The molecule has 30 heavy (non-hydrogen) atoms. The van der Waals surface area contributed by atoms with Gasteiger partial charge in [-0.1, -0.05) is 59.2 Å². The molecule has 0 N–H and O–H groups in total. The highest BCUT2D eigenvalue weighted by atomic mass is 35.5. The fraction of sp³-hybridized carbons (Fsp3) is 0.273. The summed E-state index contributed by atoms with van der Waals surface area (Å²) in [5.74, 6) is 0.941. The Balaban J connectivity index is 1.27. The monoisotopic (exact) mass is 477 g/mol. The van der Waals surface area contributed by atoms with Gasteiger partial charge in [0.15, 0.2) is 0 Å². The van der Waals surface area contributed by atoms with Crippen LogP contribution in [0.3, 0.4) is 0 Å². The molecule has 8 heteroatoms. The largest absolute Gasteiger partial charge is 0.367 e. The van der Waals surface area contributed by atoms with E-state index in [-0.39, 0.29) is 5.91 Å². The molecule has 0 unspecified atom stereocenters. The van der Waals surface area contributed by atoms with Crippen LogP contribution in [0.25, 0.3) is 0 Å². The highest BCUT2D eigenvalue weighted by Crippen LogP contribution is 2.28. The van der Waals surface area contributed by atoms with Crippen LogP contribution in [-0.2, 0) is 17.0 Å². The summed E-state index contributed by atoms with van der Waals surface area (Å²) < 4.78 is 0.973. The summed E-state index contributed by atoms with van der Waals surface area (Å²) in [6.07, 6.45) is 0.348. The lowest BCUT2D eigenvalue weighted by Gasteiger charge is -2.36. The third kappa shape index (κ3) is 5.49. The number of rotatable bonds is 6. The van der Waals surface area contributed by atoms with Crippen molar-refractivity contribution in [3.05, 3.63) is 75.2 Å². The summed E-state index contributed by atoms with van der Waals surface area (Å²) in [5, 5.41) is 3.48. The van der Waals surface area contributed by atoms with Gasteiger partial charge in [-0.25, -0.2) is 4.98 Å². The predicted molar refractivity (Wildman–Crippen MR) is 127 cm³/mol. The molecule has 0 aliphatic carbocycles. The lowest BCUT2D eigenvalue weighted by atomic mass is 10.2. The van der Waals surface area contributed by atoms with Crippen molar-refractivity contribution in [2.75, 3.05) is 31.1 Å². The van der Waals surface area contributed by atoms with Crippen LogP contribution < -0.4 is 4.90 Å². The van der Waals surface area contributed by atoms with Crippen LogP contribution in [-0.4, -0.2) is 42.0 Å². The van der Waals surface area contributed by atoms with Gasteiger partial charge in [0.1, 0.15) is 4.34 Å². The van der Waals surface area contributed by atoms with Gasteiger partial charge in [0, 0.05) is 42.3 Å². The molecule has 0 radical (unpaired) electrons. The molecule has 1 amide bonds. The van der Waals surface area contributed by atoms with E-state index in [4.69, 9.17) is 23.2 Å².